The van der Waals surface area contributed by atoms with Crippen LogP contribution in [0.1, 0.15) is 24.2 Å². The second-order valence-corrected chi connectivity index (χ2v) is 5.59. The molecule has 0 aromatic heterocycles. The van der Waals surface area contributed by atoms with Crippen LogP contribution in [0.15, 0.2) is 22.7 Å². The number of nitrogens with two attached hydrogens (primary N) is 1. The van der Waals surface area contributed by atoms with Crippen molar-refractivity contribution in [3.05, 3.63) is 33.3 Å². The van der Waals surface area contributed by atoms with E-state index in [1.807, 2.05) is 13.8 Å². The van der Waals surface area contributed by atoms with Crippen molar-refractivity contribution in [3.63, 3.8) is 0 Å². The molecule has 0 aliphatic carbocycles. The van der Waals surface area contributed by atoms with Crippen molar-refractivity contribution in [3.8, 4) is 0 Å². The molecule has 0 radical (unpaired) electrons. The zero-order valence-electron chi connectivity index (χ0n) is 9.59. The van der Waals surface area contributed by atoms with Gasteiger partial charge in [-0.25, -0.2) is 0 Å². The fraction of sp³-hybridized carbons (Fsp3) is 0.364. The predicted octanol–water partition coefficient (Wildman–Crippen LogP) is 2.99. The molecule has 0 saturated heterocycles. The van der Waals surface area contributed by atoms with Crippen LogP contribution >= 0.6 is 39.9 Å². The van der Waals surface area contributed by atoms with Gasteiger partial charge in [-0.15, -0.1) is 12.4 Å². The molecule has 0 fully saturated rings. The number of benzene rings is 1. The summed E-state index contributed by atoms with van der Waals surface area (Å²) < 4.78 is 0.673. The predicted molar refractivity (Wildman–Crippen MR) is 77.0 cm³/mol. The van der Waals surface area contributed by atoms with Crippen LogP contribution in [0, 0.1) is 0 Å². The van der Waals surface area contributed by atoms with Gasteiger partial charge in [-0.05, 0) is 48.0 Å². The Morgan fingerprint density at radius 1 is 1.53 bits per heavy atom. The quantitative estimate of drug-likeness (QED) is 0.887. The van der Waals surface area contributed by atoms with Gasteiger partial charge >= 0.3 is 0 Å². The first-order chi connectivity index (χ1) is 7.29. The number of halogens is 3. The summed E-state index contributed by atoms with van der Waals surface area (Å²) in [7, 11) is 0. The summed E-state index contributed by atoms with van der Waals surface area (Å²) in [5.74, 6) is -0.165. The minimum Gasteiger partial charge on any atom is -0.350 e. The fourth-order valence-corrected chi connectivity index (χ4v) is 1.94. The van der Waals surface area contributed by atoms with E-state index in [1.165, 1.54) is 0 Å². The van der Waals surface area contributed by atoms with Gasteiger partial charge in [0, 0.05) is 21.6 Å². The maximum atomic E-state index is 11.8. The van der Waals surface area contributed by atoms with Crippen LogP contribution in [0.4, 0.5) is 0 Å². The molecular formula is C11H15BrCl2N2O. The van der Waals surface area contributed by atoms with Crippen LogP contribution < -0.4 is 11.1 Å². The molecule has 17 heavy (non-hydrogen) atoms. The SMILES string of the molecule is CC(C)(N)CNC(=O)c1ccc(Cl)cc1Br.Cl. The number of carbonyl (C=O) groups excluding carboxylic acids is 1. The maximum absolute atomic E-state index is 11.8. The summed E-state index contributed by atoms with van der Waals surface area (Å²) in [4.78, 5) is 11.8. The topological polar surface area (TPSA) is 55.1 Å². The highest BCUT2D eigenvalue weighted by Gasteiger charge is 2.15. The van der Waals surface area contributed by atoms with Crippen molar-refractivity contribution in [2.75, 3.05) is 6.54 Å². The zero-order valence-corrected chi connectivity index (χ0v) is 12.7. The third-order valence-electron chi connectivity index (χ3n) is 1.88. The fourth-order valence-electron chi connectivity index (χ4n) is 1.08. The van der Waals surface area contributed by atoms with Gasteiger partial charge in [-0.1, -0.05) is 11.6 Å². The first-order valence-electron chi connectivity index (χ1n) is 4.82. The molecule has 6 heteroatoms. The van der Waals surface area contributed by atoms with Crippen molar-refractivity contribution in [1.29, 1.82) is 0 Å². The van der Waals surface area contributed by atoms with E-state index in [9.17, 15) is 4.79 Å². The van der Waals surface area contributed by atoms with Crippen LogP contribution in [0.25, 0.3) is 0 Å². The molecular weight excluding hydrogens is 327 g/mol. The first-order valence-corrected chi connectivity index (χ1v) is 5.99. The monoisotopic (exact) mass is 340 g/mol. The Hall–Kier alpha value is -0.290. The zero-order chi connectivity index (χ0) is 12.3. The second-order valence-electron chi connectivity index (χ2n) is 4.30. The van der Waals surface area contributed by atoms with Crippen LogP contribution in [-0.4, -0.2) is 18.0 Å². The Kier molecular flexibility index (Phi) is 6.48. The molecule has 0 heterocycles. The van der Waals surface area contributed by atoms with Crippen molar-refractivity contribution >= 4 is 45.8 Å². The minimum atomic E-state index is -0.422. The Morgan fingerprint density at radius 2 is 2.12 bits per heavy atom. The lowest BCUT2D eigenvalue weighted by atomic mass is 10.1. The molecule has 3 N–H and O–H groups in total. The summed E-state index contributed by atoms with van der Waals surface area (Å²) in [5.41, 5.74) is 5.90. The lowest BCUT2D eigenvalue weighted by molar-refractivity contribution is 0.0945. The van der Waals surface area contributed by atoms with Gasteiger partial charge in [0.15, 0.2) is 0 Å². The van der Waals surface area contributed by atoms with E-state index in [0.29, 0.717) is 21.6 Å². The number of hydrogen-bond acceptors (Lipinski definition) is 2. The Balaban J connectivity index is 0.00000256. The third kappa shape index (κ3) is 5.73. The van der Waals surface area contributed by atoms with Crippen LogP contribution in [0.5, 0.6) is 0 Å². The van der Waals surface area contributed by atoms with Crippen molar-refractivity contribution in [2.45, 2.75) is 19.4 Å². The Bertz CT molecular complexity index is 405. The molecule has 0 spiro atoms. The minimum absolute atomic E-state index is 0. The van der Waals surface area contributed by atoms with E-state index in [-0.39, 0.29) is 18.3 Å². The molecule has 0 saturated carbocycles. The lowest BCUT2D eigenvalue weighted by Crippen LogP contribution is -2.45. The molecule has 0 unspecified atom stereocenters. The first kappa shape index (κ1) is 16.7. The summed E-state index contributed by atoms with van der Waals surface area (Å²) in [6, 6.07) is 5.03. The average Bonchev–Trinajstić information content (AvgIpc) is 2.13. The van der Waals surface area contributed by atoms with Crippen molar-refractivity contribution < 1.29 is 4.79 Å². The molecule has 0 bridgehead atoms. The lowest BCUT2D eigenvalue weighted by Gasteiger charge is -2.19. The summed E-state index contributed by atoms with van der Waals surface area (Å²) in [5, 5.41) is 3.35. The molecule has 1 aromatic rings. The molecule has 0 aliphatic rings. The Labute approximate surface area is 121 Å². The van der Waals surface area contributed by atoms with Crippen molar-refractivity contribution in [1.82, 2.24) is 5.32 Å². The smallest absolute Gasteiger partial charge is 0.252 e. The molecule has 1 aromatic carbocycles. The number of rotatable bonds is 3. The highest BCUT2D eigenvalue weighted by Crippen LogP contribution is 2.21. The molecule has 96 valence electrons. The van der Waals surface area contributed by atoms with Gasteiger partial charge in [-0.3, -0.25) is 4.79 Å². The highest BCUT2D eigenvalue weighted by molar-refractivity contribution is 9.10. The van der Waals surface area contributed by atoms with E-state index in [4.69, 9.17) is 17.3 Å². The summed E-state index contributed by atoms with van der Waals surface area (Å²) in [6.45, 7) is 4.12. The molecule has 0 atom stereocenters. The second kappa shape index (κ2) is 6.59. The molecule has 1 amide bonds. The highest BCUT2D eigenvalue weighted by atomic mass is 79.9. The number of hydrogen-bond donors (Lipinski definition) is 2. The van der Waals surface area contributed by atoms with Gasteiger partial charge in [-0.2, -0.15) is 0 Å². The van der Waals surface area contributed by atoms with E-state index in [0.717, 1.165) is 0 Å². The maximum Gasteiger partial charge on any atom is 0.252 e. The number of nitrogens with one attached hydrogen (secondary N) is 1. The molecule has 1 rings (SSSR count). The largest absolute Gasteiger partial charge is 0.350 e. The van der Waals surface area contributed by atoms with Gasteiger partial charge in [0.2, 0.25) is 0 Å². The van der Waals surface area contributed by atoms with E-state index in [1.54, 1.807) is 18.2 Å². The van der Waals surface area contributed by atoms with Gasteiger partial charge < -0.3 is 11.1 Å². The normalized spacial score (nSPS) is 10.6. The Morgan fingerprint density at radius 3 is 2.59 bits per heavy atom. The molecule has 0 aliphatic heterocycles. The van der Waals surface area contributed by atoms with Crippen LogP contribution in [-0.2, 0) is 0 Å². The van der Waals surface area contributed by atoms with Gasteiger partial charge in [0.1, 0.15) is 0 Å². The van der Waals surface area contributed by atoms with Crippen LogP contribution in [0.3, 0.4) is 0 Å². The summed E-state index contributed by atoms with van der Waals surface area (Å²) >= 11 is 9.08. The number of amides is 1. The van der Waals surface area contributed by atoms with Gasteiger partial charge in [0.05, 0.1) is 5.56 Å². The summed E-state index contributed by atoms with van der Waals surface area (Å²) in [6.07, 6.45) is 0. The average molecular weight is 342 g/mol. The van der Waals surface area contributed by atoms with Crippen LogP contribution in [0.2, 0.25) is 5.02 Å². The van der Waals surface area contributed by atoms with Gasteiger partial charge in [0.25, 0.3) is 5.91 Å². The van der Waals surface area contributed by atoms with E-state index in [2.05, 4.69) is 21.2 Å². The van der Waals surface area contributed by atoms with E-state index >= 15 is 0 Å². The van der Waals surface area contributed by atoms with Crippen molar-refractivity contribution in [2.24, 2.45) is 5.73 Å². The standard InChI is InChI=1S/C11H14BrClN2O.ClH/c1-11(2,14)6-15-10(16)8-4-3-7(13)5-9(8)12;/h3-5H,6,14H2,1-2H3,(H,15,16);1H. The van der Waals surface area contributed by atoms with E-state index < -0.39 is 5.54 Å². The molecule has 3 nitrogen and oxygen atoms in total. The number of carbonyl (C=O) groups is 1. The third-order valence-corrected chi connectivity index (χ3v) is 2.77.